The van der Waals surface area contributed by atoms with E-state index in [0.717, 1.165) is 19.3 Å². The molecule has 0 aromatic heterocycles. The lowest BCUT2D eigenvalue weighted by Crippen LogP contribution is -2.47. The van der Waals surface area contributed by atoms with Crippen LogP contribution in [0.25, 0.3) is 0 Å². The fourth-order valence-electron chi connectivity index (χ4n) is 2.17. The molecule has 4 heteroatoms. The number of carbonyl (C=O) groups is 2. The van der Waals surface area contributed by atoms with Crippen molar-refractivity contribution in [1.82, 2.24) is 10.6 Å². The second-order valence-corrected chi connectivity index (χ2v) is 4.98. The monoisotopic (exact) mass is 252 g/mol. The van der Waals surface area contributed by atoms with Gasteiger partial charge in [0.15, 0.2) is 0 Å². The van der Waals surface area contributed by atoms with Gasteiger partial charge in [-0.25, -0.2) is 0 Å². The van der Waals surface area contributed by atoms with Crippen molar-refractivity contribution < 1.29 is 9.59 Å². The van der Waals surface area contributed by atoms with Crippen LogP contribution >= 0.6 is 0 Å². The largest absolute Gasteiger partial charge is 0.352 e. The quantitative estimate of drug-likeness (QED) is 0.734. The molecule has 1 aliphatic rings. The second-order valence-electron chi connectivity index (χ2n) is 4.98. The summed E-state index contributed by atoms with van der Waals surface area (Å²) < 4.78 is 0. The Kier molecular flexibility index (Phi) is 5.89. The maximum absolute atomic E-state index is 11.9. The number of carbonyl (C=O) groups excluding carboxylic acids is 2. The van der Waals surface area contributed by atoms with E-state index in [1.54, 1.807) is 13.8 Å². The third-order valence-electron chi connectivity index (χ3n) is 3.31. The topological polar surface area (TPSA) is 58.2 Å². The Hall–Kier alpha value is -1.32. The van der Waals surface area contributed by atoms with Crippen LogP contribution in [0.2, 0.25) is 0 Å². The van der Waals surface area contributed by atoms with Crippen LogP contribution in [0.4, 0.5) is 0 Å². The van der Waals surface area contributed by atoms with Gasteiger partial charge in [-0.15, -0.1) is 0 Å². The van der Waals surface area contributed by atoms with Gasteiger partial charge >= 0.3 is 0 Å². The molecular formula is C14H24N2O2. The van der Waals surface area contributed by atoms with Gasteiger partial charge in [-0.2, -0.15) is 0 Å². The minimum Gasteiger partial charge on any atom is -0.352 e. The predicted molar refractivity (Wildman–Crippen MR) is 72.1 cm³/mol. The molecule has 0 aromatic rings. The molecule has 4 nitrogen and oxygen atoms in total. The number of amides is 2. The lowest BCUT2D eigenvalue weighted by Gasteiger charge is -2.17. The number of hydrogen-bond acceptors (Lipinski definition) is 2. The van der Waals surface area contributed by atoms with E-state index in [1.807, 2.05) is 13.0 Å². The summed E-state index contributed by atoms with van der Waals surface area (Å²) in [6, 6.07) is -0.178. The predicted octanol–water partition coefficient (Wildman–Crippen LogP) is 1.91. The Morgan fingerprint density at radius 2 is 1.94 bits per heavy atom. The van der Waals surface area contributed by atoms with E-state index >= 15 is 0 Å². The Labute approximate surface area is 109 Å². The van der Waals surface area contributed by atoms with Gasteiger partial charge in [0.25, 0.3) is 0 Å². The summed E-state index contributed by atoms with van der Waals surface area (Å²) in [6.07, 6.45) is 7.16. The first-order chi connectivity index (χ1) is 8.54. The highest BCUT2D eigenvalue weighted by Gasteiger charge is 2.21. The van der Waals surface area contributed by atoms with E-state index in [0.29, 0.717) is 11.6 Å². The summed E-state index contributed by atoms with van der Waals surface area (Å²) in [6.45, 7) is 5.47. The molecule has 0 heterocycles. The van der Waals surface area contributed by atoms with Gasteiger partial charge in [-0.05, 0) is 33.1 Å². The van der Waals surface area contributed by atoms with Crippen LogP contribution in [-0.4, -0.2) is 23.9 Å². The van der Waals surface area contributed by atoms with Gasteiger partial charge in [0.05, 0.1) is 0 Å². The lowest BCUT2D eigenvalue weighted by molar-refractivity contribution is -0.127. The summed E-state index contributed by atoms with van der Waals surface area (Å²) in [4.78, 5) is 23.6. The van der Waals surface area contributed by atoms with E-state index in [-0.39, 0.29) is 11.8 Å². The average Bonchev–Trinajstić information content (AvgIpc) is 2.81. The van der Waals surface area contributed by atoms with Crippen LogP contribution in [0, 0.1) is 0 Å². The van der Waals surface area contributed by atoms with E-state index in [4.69, 9.17) is 0 Å². The third kappa shape index (κ3) is 4.51. The van der Waals surface area contributed by atoms with E-state index in [2.05, 4.69) is 10.6 Å². The molecule has 0 unspecified atom stereocenters. The van der Waals surface area contributed by atoms with Gasteiger partial charge in [-0.1, -0.05) is 25.8 Å². The van der Waals surface area contributed by atoms with Gasteiger partial charge in [-0.3, -0.25) is 9.59 Å². The first-order valence-electron chi connectivity index (χ1n) is 6.82. The van der Waals surface area contributed by atoms with Crippen molar-refractivity contribution in [1.29, 1.82) is 0 Å². The Morgan fingerprint density at radius 1 is 1.33 bits per heavy atom. The standard InChI is InChI=1S/C14H24N2O2/c1-4-7-10(2)13(17)15-11(3)14(18)16-12-8-5-6-9-12/h7,11-12H,4-6,8-9H2,1-3H3,(H,15,17)(H,16,18)/b10-7-/t11-/m0/s1. The zero-order valence-corrected chi connectivity index (χ0v) is 11.6. The first kappa shape index (κ1) is 14.7. The van der Waals surface area contributed by atoms with Crippen molar-refractivity contribution in [2.45, 2.75) is 65.0 Å². The molecule has 0 aliphatic heterocycles. The molecule has 1 rings (SSSR count). The number of nitrogens with one attached hydrogen (secondary N) is 2. The average molecular weight is 252 g/mol. The lowest BCUT2D eigenvalue weighted by atomic mass is 10.2. The van der Waals surface area contributed by atoms with Crippen LogP contribution < -0.4 is 10.6 Å². The number of allylic oxidation sites excluding steroid dienone is 1. The SMILES string of the molecule is CC/C=C(/C)C(=O)N[C@@H](C)C(=O)NC1CCCC1. The maximum atomic E-state index is 11.9. The second kappa shape index (κ2) is 7.19. The minimum absolute atomic E-state index is 0.0838. The van der Waals surface area contributed by atoms with Crippen molar-refractivity contribution in [3.05, 3.63) is 11.6 Å². The van der Waals surface area contributed by atoms with Crippen LogP contribution in [-0.2, 0) is 9.59 Å². The van der Waals surface area contributed by atoms with Crippen LogP contribution in [0.5, 0.6) is 0 Å². The molecular weight excluding hydrogens is 228 g/mol. The minimum atomic E-state index is -0.474. The van der Waals surface area contributed by atoms with Gasteiger partial charge in [0.1, 0.15) is 6.04 Å². The summed E-state index contributed by atoms with van der Waals surface area (Å²) in [5.41, 5.74) is 0.665. The molecule has 1 fully saturated rings. The Bertz CT molecular complexity index is 331. The highest BCUT2D eigenvalue weighted by molar-refractivity contribution is 5.96. The molecule has 1 saturated carbocycles. The Morgan fingerprint density at radius 3 is 2.50 bits per heavy atom. The van der Waals surface area contributed by atoms with E-state index in [1.165, 1.54) is 12.8 Å². The van der Waals surface area contributed by atoms with E-state index in [9.17, 15) is 9.59 Å². The van der Waals surface area contributed by atoms with E-state index < -0.39 is 6.04 Å². The normalized spacial score (nSPS) is 18.5. The summed E-state index contributed by atoms with van der Waals surface area (Å²) in [5.74, 6) is -0.245. The maximum Gasteiger partial charge on any atom is 0.247 e. The molecule has 0 radical (unpaired) electrons. The van der Waals surface area contributed by atoms with Crippen LogP contribution in [0.1, 0.15) is 52.9 Å². The molecule has 18 heavy (non-hydrogen) atoms. The van der Waals surface area contributed by atoms with Crippen molar-refractivity contribution in [3.63, 3.8) is 0 Å². The van der Waals surface area contributed by atoms with Gasteiger partial charge < -0.3 is 10.6 Å². The number of hydrogen-bond donors (Lipinski definition) is 2. The molecule has 102 valence electrons. The van der Waals surface area contributed by atoms with Gasteiger partial charge in [0, 0.05) is 11.6 Å². The third-order valence-corrected chi connectivity index (χ3v) is 3.31. The fraction of sp³-hybridized carbons (Fsp3) is 0.714. The smallest absolute Gasteiger partial charge is 0.247 e. The molecule has 0 aromatic carbocycles. The van der Waals surface area contributed by atoms with Crippen LogP contribution in [0.15, 0.2) is 11.6 Å². The molecule has 1 atom stereocenters. The summed E-state index contributed by atoms with van der Waals surface area (Å²) in [7, 11) is 0. The molecule has 0 bridgehead atoms. The van der Waals surface area contributed by atoms with Crippen LogP contribution in [0.3, 0.4) is 0 Å². The number of rotatable bonds is 5. The molecule has 0 saturated heterocycles. The zero-order chi connectivity index (χ0) is 13.5. The zero-order valence-electron chi connectivity index (χ0n) is 11.6. The fourth-order valence-corrected chi connectivity index (χ4v) is 2.17. The molecule has 0 spiro atoms. The summed E-state index contributed by atoms with van der Waals surface area (Å²) >= 11 is 0. The molecule has 2 N–H and O–H groups in total. The van der Waals surface area contributed by atoms with Crippen molar-refractivity contribution in [2.24, 2.45) is 0 Å². The van der Waals surface area contributed by atoms with Crippen molar-refractivity contribution in [2.75, 3.05) is 0 Å². The highest BCUT2D eigenvalue weighted by atomic mass is 16.2. The molecule has 2 amide bonds. The highest BCUT2D eigenvalue weighted by Crippen LogP contribution is 2.17. The Balaban J connectivity index is 2.39. The van der Waals surface area contributed by atoms with Crippen molar-refractivity contribution >= 4 is 11.8 Å². The molecule has 1 aliphatic carbocycles. The van der Waals surface area contributed by atoms with Crippen molar-refractivity contribution in [3.8, 4) is 0 Å². The first-order valence-corrected chi connectivity index (χ1v) is 6.82. The summed E-state index contributed by atoms with van der Waals surface area (Å²) in [5, 5.41) is 5.70. The van der Waals surface area contributed by atoms with Gasteiger partial charge in [0.2, 0.25) is 11.8 Å².